The molecule has 0 N–H and O–H groups in total. The molecule has 0 bridgehead atoms. The van der Waals surface area contributed by atoms with Crippen LogP contribution < -0.4 is 0 Å². The van der Waals surface area contributed by atoms with Gasteiger partial charge < -0.3 is 0 Å². The monoisotopic (exact) mass is 464 g/mol. The zero-order valence-electron chi connectivity index (χ0n) is 18.1. The van der Waals surface area contributed by atoms with E-state index in [0.29, 0.717) is 12.8 Å². The number of halogens is 1. The number of ketones is 1. The van der Waals surface area contributed by atoms with E-state index in [1.54, 1.807) is 0 Å². The highest BCUT2D eigenvalue weighted by atomic mass is 19.1. The molecule has 14 heteroatoms. The summed E-state index contributed by atoms with van der Waals surface area (Å²) in [5.74, 6) is -2.53. The van der Waals surface area contributed by atoms with Crippen molar-refractivity contribution in [1.29, 1.82) is 0 Å². The normalized spacial score (nSPS) is 15.4. The van der Waals surface area contributed by atoms with Gasteiger partial charge in [-0.1, -0.05) is 45.1 Å². The number of unbranched alkanes of at least 4 members (excludes halogenated alkanes) is 6. The Morgan fingerprint density at radius 1 is 0.875 bits per heavy atom. The van der Waals surface area contributed by atoms with Crippen molar-refractivity contribution in [3.8, 4) is 0 Å². The molecule has 0 radical (unpaired) electrons. The standard InChI is InChI=1S/C18H29FN4O9/c1-3-4-5-6-7-8-9-10-14(19)11-15(21(27)28)12-16(22(29)30)17(23(31)32)18(24)13(2)20(25)26/h10,13,15-17H,3-9,11-12H2,1-2H3/b14-10+. The van der Waals surface area contributed by atoms with Gasteiger partial charge in [0.05, 0.1) is 12.8 Å². The maximum absolute atomic E-state index is 14.1. The lowest BCUT2D eigenvalue weighted by molar-refractivity contribution is -0.619. The number of carbonyl (C=O) groups excluding carboxylic acids is 1. The molecular formula is C18H29FN4O9. The number of nitrogens with zero attached hydrogens (tertiary/aromatic N) is 4. The molecule has 0 aromatic carbocycles. The first kappa shape index (κ1) is 28.9. The molecule has 0 rings (SSSR count). The Morgan fingerprint density at radius 3 is 1.91 bits per heavy atom. The van der Waals surface area contributed by atoms with E-state index in [0.717, 1.165) is 45.1 Å². The third-order valence-electron chi connectivity index (χ3n) is 5.05. The van der Waals surface area contributed by atoms with Gasteiger partial charge in [-0.25, -0.2) is 4.39 Å². The number of hydrogen-bond donors (Lipinski definition) is 0. The smallest absolute Gasteiger partial charge is 0.284 e. The van der Waals surface area contributed by atoms with Crippen molar-refractivity contribution in [3.05, 3.63) is 52.4 Å². The fourth-order valence-corrected chi connectivity index (χ4v) is 3.13. The van der Waals surface area contributed by atoms with Crippen LogP contribution in [0, 0.1) is 40.5 Å². The largest absolute Gasteiger partial charge is 0.343 e. The molecule has 13 nitrogen and oxygen atoms in total. The number of Topliss-reactive ketones (excluding diaryl/α,β-unsaturated/α-hetero) is 1. The lowest BCUT2D eigenvalue weighted by atomic mass is 9.93. The number of rotatable bonds is 18. The van der Waals surface area contributed by atoms with Crippen LogP contribution in [0.1, 0.15) is 71.6 Å². The van der Waals surface area contributed by atoms with E-state index in [9.17, 15) is 49.6 Å². The van der Waals surface area contributed by atoms with Crippen LogP contribution in [-0.2, 0) is 4.79 Å². The first-order valence-corrected chi connectivity index (χ1v) is 10.4. The molecule has 0 aromatic heterocycles. The second kappa shape index (κ2) is 14.9. The average molecular weight is 464 g/mol. The Hall–Kier alpha value is -3.06. The molecule has 4 unspecified atom stereocenters. The molecule has 0 aliphatic carbocycles. The predicted molar refractivity (Wildman–Crippen MR) is 110 cm³/mol. The minimum atomic E-state index is -2.66. The van der Waals surface area contributed by atoms with Crippen LogP contribution in [0.4, 0.5) is 4.39 Å². The Labute approximate surface area is 183 Å². The summed E-state index contributed by atoms with van der Waals surface area (Å²) in [6.45, 7) is 2.80. The maximum Gasteiger partial charge on any atom is 0.343 e. The number of hydrogen-bond acceptors (Lipinski definition) is 9. The first-order valence-electron chi connectivity index (χ1n) is 10.4. The summed E-state index contributed by atoms with van der Waals surface area (Å²) in [6, 6.07) is -9.10. The molecule has 0 saturated heterocycles. The van der Waals surface area contributed by atoms with Crippen LogP contribution in [0.5, 0.6) is 0 Å². The summed E-state index contributed by atoms with van der Waals surface area (Å²) in [4.78, 5) is 52.0. The Balaban J connectivity index is 5.29. The highest BCUT2D eigenvalue weighted by Crippen LogP contribution is 2.21. The van der Waals surface area contributed by atoms with Crippen LogP contribution in [0.2, 0.25) is 0 Å². The van der Waals surface area contributed by atoms with E-state index in [1.807, 2.05) is 0 Å². The molecule has 0 aromatic rings. The van der Waals surface area contributed by atoms with Gasteiger partial charge in [0, 0.05) is 26.6 Å². The van der Waals surface area contributed by atoms with Gasteiger partial charge in [0.25, 0.3) is 17.9 Å². The first-order chi connectivity index (χ1) is 14.9. The molecule has 0 saturated carbocycles. The zero-order valence-corrected chi connectivity index (χ0v) is 18.1. The molecule has 32 heavy (non-hydrogen) atoms. The molecule has 0 aliphatic rings. The van der Waals surface area contributed by atoms with E-state index in [4.69, 9.17) is 0 Å². The van der Waals surface area contributed by atoms with Crippen molar-refractivity contribution < 1.29 is 28.9 Å². The van der Waals surface area contributed by atoms with Crippen molar-refractivity contribution in [1.82, 2.24) is 0 Å². The lowest BCUT2D eigenvalue weighted by Gasteiger charge is -2.16. The molecule has 0 spiro atoms. The van der Waals surface area contributed by atoms with Crippen molar-refractivity contribution >= 4 is 5.78 Å². The van der Waals surface area contributed by atoms with Crippen molar-refractivity contribution in [2.75, 3.05) is 0 Å². The van der Waals surface area contributed by atoms with Crippen LogP contribution >= 0.6 is 0 Å². The van der Waals surface area contributed by atoms with E-state index in [2.05, 4.69) is 6.92 Å². The van der Waals surface area contributed by atoms with Gasteiger partial charge in [-0.05, 0) is 12.8 Å². The van der Waals surface area contributed by atoms with Crippen molar-refractivity contribution in [2.24, 2.45) is 0 Å². The van der Waals surface area contributed by atoms with Crippen LogP contribution in [0.15, 0.2) is 11.9 Å². The van der Waals surface area contributed by atoms with Gasteiger partial charge >= 0.3 is 6.04 Å². The van der Waals surface area contributed by atoms with Crippen molar-refractivity contribution in [2.45, 2.75) is 95.8 Å². The molecule has 4 atom stereocenters. The highest BCUT2D eigenvalue weighted by Gasteiger charge is 2.53. The third kappa shape index (κ3) is 10.3. The molecular weight excluding hydrogens is 435 g/mol. The third-order valence-corrected chi connectivity index (χ3v) is 5.05. The highest BCUT2D eigenvalue weighted by molar-refractivity contribution is 5.87. The van der Waals surface area contributed by atoms with Gasteiger partial charge in [-0.2, -0.15) is 0 Å². The SMILES string of the molecule is CCCCCCCC/C=C(/F)CC(CC(C(C(=O)C(C)[N+](=O)[O-])[N+](=O)[O-])[N+](=O)[O-])[N+](=O)[O-]. The Morgan fingerprint density at radius 2 is 1.44 bits per heavy atom. The molecule has 0 aliphatic heterocycles. The second-order valence-electron chi connectivity index (χ2n) is 7.53. The van der Waals surface area contributed by atoms with Gasteiger partial charge in [-0.3, -0.25) is 45.3 Å². The Kier molecular flexibility index (Phi) is 13.4. The molecule has 0 heterocycles. The fraction of sp³-hybridized carbons (Fsp3) is 0.833. The minimum absolute atomic E-state index is 0.317. The average Bonchev–Trinajstić information content (AvgIpc) is 2.70. The van der Waals surface area contributed by atoms with Gasteiger partial charge in [-0.15, -0.1) is 0 Å². The maximum atomic E-state index is 14.1. The number of carbonyl (C=O) groups is 1. The summed E-state index contributed by atoms with van der Waals surface area (Å²) in [5.41, 5.74) is 0. The van der Waals surface area contributed by atoms with Gasteiger partial charge in [0.2, 0.25) is 6.04 Å². The van der Waals surface area contributed by atoms with Gasteiger partial charge in [0.1, 0.15) is 5.83 Å². The molecule has 0 fully saturated rings. The topological polar surface area (TPSA) is 190 Å². The summed E-state index contributed by atoms with van der Waals surface area (Å²) in [6.07, 6.45) is 5.22. The summed E-state index contributed by atoms with van der Waals surface area (Å²) in [7, 11) is 0. The van der Waals surface area contributed by atoms with Crippen molar-refractivity contribution in [3.63, 3.8) is 0 Å². The molecule has 0 amide bonds. The predicted octanol–water partition coefficient (Wildman–Crippen LogP) is 3.54. The summed E-state index contributed by atoms with van der Waals surface area (Å²) >= 11 is 0. The number of nitro groups is 4. The van der Waals surface area contributed by atoms with Crippen LogP contribution in [0.3, 0.4) is 0 Å². The fourth-order valence-electron chi connectivity index (χ4n) is 3.13. The van der Waals surface area contributed by atoms with E-state index < -0.39 is 68.3 Å². The van der Waals surface area contributed by atoms with Gasteiger partial charge in [0.15, 0.2) is 0 Å². The quantitative estimate of drug-likeness (QED) is 0.166. The van der Waals surface area contributed by atoms with E-state index in [-0.39, 0.29) is 0 Å². The second-order valence-corrected chi connectivity index (χ2v) is 7.53. The minimum Gasteiger partial charge on any atom is -0.284 e. The number of allylic oxidation sites excluding steroid dienone is 1. The lowest BCUT2D eigenvalue weighted by Crippen LogP contribution is -2.51. The van der Waals surface area contributed by atoms with E-state index in [1.165, 1.54) is 0 Å². The van der Waals surface area contributed by atoms with Crippen LogP contribution in [-0.4, -0.2) is 49.6 Å². The van der Waals surface area contributed by atoms with E-state index >= 15 is 0 Å². The Bertz CT molecular complexity index is 717. The zero-order chi connectivity index (χ0) is 24.8. The summed E-state index contributed by atoms with van der Waals surface area (Å²) in [5, 5.41) is 44.7. The molecule has 182 valence electrons. The summed E-state index contributed by atoms with van der Waals surface area (Å²) < 4.78 is 14.1. The van der Waals surface area contributed by atoms with Crippen LogP contribution in [0.25, 0.3) is 0 Å².